The van der Waals surface area contributed by atoms with Crippen LogP contribution in [0.5, 0.6) is 5.75 Å². The number of rotatable bonds is 7. The standard InChI is InChI=1S/C25H23F2NO4S/c1-2-31-24(30)21-20(18-8-7-15-5-3-4-6-17(15)13-18)14-33-23(21)28-22(29)16-9-11-19(12-10-16)32-25(26)27/h3-6,9-12,14,18,25H,2,7-8,13H2,1H3,(H,28,29). The topological polar surface area (TPSA) is 64.6 Å². The number of carbonyl (C=O) groups is 2. The number of carbonyl (C=O) groups excluding carboxylic acids is 2. The Morgan fingerprint density at radius 1 is 1.12 bits per heavy atom. The molecule has 1 aliphatic carbocycles. The lowest BCUT2D eigenvalue weighted by atomic mass is 9.80. The van der Waals surface area contributed by atoms with Crippen LogP contribution in [0.2, 0.25) is 0 Å². The predicted octanol–water partition coefficient (Wildman–Crippen LogP) is 6.05. The van der Waals surface area contributed by atoms with E-state index in [0.717, 1.165) is 24.8 Å². The highest BCUT2D eigenvalue weighted by Crippen LogP contribution is 2.40. The van der Waals surface area contributed by atoms with Gasteiger partial charge in [0, 0.05) is 5.56 Å². The van der Waals surface area contributed by atoms with Gasteiger partial charge in [-0.15, -0.1) is 11.3 Å². The van der Waals surface area contributed by atoms with Crippen LogP contribution < -0.4 is 10.1 Å². The molecule has 0 radical (unpaired) electrons. The molecule has 0 fully saturated rings. The number of anilines is 1. The molecule has 0 saturated carbocycles. The highest BCUT2D eigenvalue weighted by molar-refractivity contribution is 7.15. The van der Waals surface area contributed by atoms with Gasteiger partial charge in [-0.25, -0.2) is 4.79 Å². The van der Waals surface area contributed by atoms with Crippen molar-refractivity contribution < 1.29 is 27.8 Å². The summed E-state index contributed by atoms with van der Waals surface area (Å²) in [5, 5.41) is 5.13. The minimum atomic E-state index is -2.94. The van der Waals surface area contributed by atoms with Crippen molar-refractivity contribution in [2.45, 2.75) is 38.7 Å². The first-order chi connectivity index (χ1) is 16.0. The molecular weight excluding hydrogens is 448 g/mol. The first-order valence-electron chi connectivity index (χ1n) is 10.7. The van der Waals surface area contributed by atoms with Crippen LogP contribution in [0.1, 0.15) is 56.7 Å². The van der Waals surface area contributed by atoms with E-state index in [9.17, 15) is 18.4 Å². The first-order valence-corrected chi connectivity index (χ1v) is 11.6. The number of aryl methyl sites for hydroxylation is 1. The lowest BCUT2D eigenvalue weighted by Gasteiger charge is -2.25. The maximum atomic E-state index is 12.8. The van der Waals surface area contributed by atoms with Gasteiger partial charge >= 0.3 is 12.6 Å². The summed E-state index contributed by atoms with van der Waals surface area (Å²) >= 11 is 1.28. The van der Waals surface area contributed by atoms with E-state index in [2.05, 4.69) is 22.2 Å². The molecule has 2 aromatic carbocycles. The predicted molar refractivity (Wildman–Crippen MR) is 123 cm³/mol. The number of amides is 1. The fourth-order valence-corrected chi connectivity index (χ4v) is 5.13. The lowest BCUT2D eigenvalue weighted by Crippen LogP contribution is -2.18. The molecule has 1 aliphatic rings. The Labute approximate surface area is 194 Å². The van der Waals surface area contributed by atoms with E-state index in [1.165, 1.54) is 46.7 Å². The van der Waals surface area contributed by atoms with Gasteiger partial charge in [0.1, 0.15) is 10.8 Å². The molecule has 1 N–H and O–H groups in total. The molecule has 1 unspecified atom stereocenters. The Kier molecular flexibility index (Phi) is 7.03. The van der Waals surface area contributed by atoms with Gasteiger partial charge in [-0.1, -0.05) is 24.3 Å². The van der Waals surface area contributed by atoms with Crippen molar-refractivity contribution in [3.05, 3.63) is 81.7 Å². The largest absolute Gasteiger partial charge is 0.462 e. The first kappa shape index (κ1) is 22.9. The summed E-state index contributed by atoms with van der Waals surface area (Å²) < 4.78 is 34.3. The fourth-order valence-electron chi connectivity index (χ4n) is 4.10. The quantitative estimate of drug-likeness (QED) is 0.426. The molecule has 1 heterocycles. The van der Waals surface area contributed by atoms with Crippen molar-refractivity contribution in [2.75, 3.05) is 11.9 Å². The summed E-state index contributed by atoms with van der Waals surface area (Å²) in [4.78, 5) is 25.6. The number of halogens is 2. The molecule has 1 atom stereocenters. The monoisotopic (exact) mass is 471 g/mol. The van der Waals surface area contributed by atoms with Crippen molar-refractivity contribution in [2.24, 2.45) is 0 Å². The maximum Gasteiger partial charge on any atom is 0.387 e. The minimum absolute atomic E-state index is 0.0373. The van der Waals surface area contributed by atoms with Crippen LogP contribution in [0.15, 0.2) is 53.9 Å². The average molecular weight is 472 g/mol. The normalized spacial score (nSPS) is 15.1. The van der Waals surface area contributed by atoms with Crippen LogP contribution in [0, 0.1) is 0 Å². The van der Waals surface area contributed by atoms with Crippen molar-refractivity contribution in [1.82, 2.24) is 0 Å². The second kappa shape index (κ2) is 10.1. The van der Waals surface area contributed by atoms with Crippen LogP contribution >= 0.6 is 11.3 Å². The molecule has 1 aromatic heterocycles. The zero-order valence-corrected chi connectivity index (χ0v) is 18.8. The molecule has 172 valence electrons. The van der Waals surface area contributed by atoms with E-state index in [1.54, 1.807) is 6.92 Å². The van der Waals surface area contributed by atoms with E-state index in [0.29, 0.717) is 10.6 Å². The van der Waals surface area contributed by atoms with Crippen LogP contribution in [0.25, 0.3) is 0 Å². The van der Waals surface area contributed by atoms with Crippen LogP contribution in [-0.2, 0) is 17.6 Å². The molecule has 1 amide bonds. The van der Waals surface area contributed by atoms with E-state index in [1.807, 2.05) is 17.5 Å². The third kappa shape index (κ3) is 5.22. The van der Waals surface area contributed by atoms with Gasteiger partial charge < -0.3 is 14.8 Å². The van der Waals surface area contributed by atoms with Gasteiger partial charge in [0.25, 0.3) is 5.91 Å². The smallest absolute Gasteiger partial charge is 0.387 e. The number of ether oxygens (including phenoxy) is 2. The lowest BCUT2D eigenvalue weighted by molar-refractivity contribution is -0.0498. The molecule has 33 heavy (non-hydrogen) atoms. The third-order valence-electron chi connectivity index (χ3n) is 5.65. The van der Waals surface area contributed by atoms with Gasteiger partial charge in [-0.3, -0.25) is 4.79 Å². The van der Waals surface area contributed by atoms with Crippen molar-refractivity contribution in [3.63, 3.8) is 0 Å². The highest BCUT2D eigenvalue weighted by atomic mass is 32.1. The molecule has 8 heteroatoms. The Morgan fingerprint density at radius 3 is 2.55 bits per heavy atom. The van der Waals surface area contributed by atoms with Gasteiger partial charge in [0.15, 0.2) is 0 Å². The average Bonchev–Trinajstić information content (AvgIpc) is 3.22. The summed E-state index contributed by atoms with van der Waals surface area (Å²) in [6.45, 7) is -0.976. The van der Waals surface area contributed by atoms with Gasteiger partial charge in [0.2, 0.25) is 0 Å². The van der Waals surface area contributed by atoms with E-state index < -0.39 is 18.5 Å². The molecule has 4 rings (SSSR count). The van der Waals surface area contributed by atoms with E-state index in [4.69, 9.17) is 4.74 Å². The molecule has 0 bridgehead atoms. The number of thiophene rings is 1. The van der Waals surface area contributed by atoms with Crippen molar-refractivity contribution >= 4 is 28.2 Å². The summed E-state index contributed by atoms with van der Waals surface area (Å²) in [6.07, 6.45) is 2.64. The molecule has 3 aromatic rings. The van der Waals surface area contributed by atoms with Gasteiger partial charge in [0.05, 0.1) is 12.2 Å². The summed E-state index contributed by atoms with van der Waals surface area (Å²) in [5.41, 5.74) is 4.12. The van der Waals surface area contributed by atoms with E-state index in [-0.39, 0.29) is 23.8 Å². The Morgan fingerprint density at radius 2 is 1.85 bits per heavy atom. The second-order valence-electron chi connectivity index (χ2n) is 7.68. The van der Waals surface area contributed by atoms with Crippen LogP contribution in [-0.4, -0.2) is 25.1 Å². The Balaban J connectivity index is 1.58. The van der Waals surface area contributed by atoms with Gasteiger partial charge in [-0.2, -0.15) is 8.78 Å². The molecule has 0 aliphatic heterocycles. The zero-order valence-electron chi connectivity index (χ0n) is 18.0. The molecule has 0 saturated heterocycles. The number of benzene rings is 2. The van der Waals surface area contributed by atoms with Crippen LogP contribution in [0.3, 0.4) is 0 Å². The third-order valence-corrected chi connectivity index (χ3v) is 6.57. The zero-order chi connectivity index (χ0) is 23.4. The number of nitrogens with one attached hydrogen (secondary N) is 1. The second-order valence-corrected chi connectivity index (χ2v) is 8.56. The fraction of sp³-hybridized carbons (Fsp3) is 0.280. The summed E-state index contributed by atoms with van der Waals surface area (Å²) in [6, 6.07) is 13.7. The number of esters is 1. The Hall–Kier alpha value is -3.26. The van der Waals surface area contributed by atoms with E-state index >= 15 is 0 Å². The SMILES string of the molecule is CCOC(=O)c1c(C2CCc3ccccc3C2)csc1NC(=O)c1ccc(OC(F)F)cc1. The molecular formula is C25H23F2NO4S. The summed E-state index contributed by atoms with van der Waals surface area (Å²) in [5.74, 6) is -0.813. The highest BCUT2D eigenvalue weighted by Gasteiger charge is 2.29. The van der Waals surface area contributed by atoms with Crippen molar-refractivity contribution in [1.29, 1.82) is 0 Å². The van der Waals surface area contributed by atoms with Crippen molar-refractivity contribution in [3.8, 4) is 5.75 Å². The Bertz CT molecular complexity index is 1140. The maximum absolute atomic E-state index is 12.8. The summed E-state index contributed by atoms with van der Waals surface area (Å²) in [7, 11) is 0. The van der Waals surface area contributed by atoms with Crippen LogP contribution in [0.4, 0.5) is 13.8 Å². The minimum Gasteiger partial charge on any atom is -0.462 e. The molecule has 5 nitrogen and oxygen atoms in total. The van der Waals surface area contributed by atoms with Gasteiger partial charge in [-0.05, 0) is 78.4 Å². The number of hydrogen-bond donors (Lipinski definition) is 1. The number of fused-ring (bicyclic) bond motifs is 1. The number of alkyl halides is 2. The number of hydrogen-bond acceptors (Lipinski definition) is 5. The molecule has 0 spiro atoms.